The summed E-state index contributed by atoms with van der Waals surface area (Å²) >= 11 is 0. The van der Waals surface area contributed by atoms with Crippen LogP contribution >= 0.6 is 0 Å². The average Bonchev–Trinajstić information content (AvgIpc) is 1.89. The van der Waals surface area contributed by atoms with Crippen molar-refractivity contribution >= 4 is 0 Å². The Balaban J connectivity index is 2.80. The van der Waals surface area contributed by atoms with Crippen LogP contribution in [0.1, 0.15) is 0 Å². The zero-order chi connectivity index (χ0) is 7.61. The molecule has 0 bridgehead atoms. The molecule has 1 aliphatic rings. The first kappa shape index (κ1) is 6.76. The number of allylic oxidation sites excluding steroid dienone is 2. The summed E-state index contributed by atoms with van der Waals surface area (Å²) in [4.78, 5) is 9.62. The van der Waals surface area contributed by atoms with E-state index < -0.39 is 10.7 Å². The van der Waals surface area contributed by atoms with E-state index in [9.17, 15) is 10.1 Å². The van der Waals surface area contributed by atoms with Crippen molar-refractivity contribution in [2.24, 2.45) is 5.73 Å². The van der Waals surface area contributed by atoms with Crippen molar-refractivity contribution in [1.82, 2.24) is 5.32 Å². The van der Waals surface area contributed by atoms with Gasteiger partial charge >= 0.3 is 5.79 Å². The smallest absolute Gasteiger partial charge is 0.311 e. The van der Waals surface area contributed by atoms with Crippen LogP contribution in [0.2, 0.25) is 0 Å². The van der Waals surface area contributed by atoms with Crippen molar-refractivity contribution in [1.29, 1.82) is 0 Å². The molecule has 0 aromatic rings. The fraction of sp³-hybridized carbons (Fsp3) is 0.200. The first-order valence-corrected chi connectivity index (χ1v) is 2.70. The topological polar surface area (TPSA) is 81.2 Å². The molecule has 1 rings (SSSR count). The average molecular weight is 141 g/mol. The zero-order valence-electron chi connectivity index (χ0n) is 5.15. The first-order valence-electron chi connectivity index (χ1n) is 2.70. The predicted octanol–water partition coefficient (Wildman–Crippen LogP) is -0.451. The number of dihydropyridines is 1. The maximum Gasteiger partial charge on any atom is 0.370 e. The van der Waals surface area contributed by atoms with E-state index in [0.29, 0.717) is 0 Å². The maximum absolute atomic E-state index is 10.2. The Morgan fingerprint density at radius 3 is 2.60 bits per heavy atom. The van der Waals surface area contributed by atoms with Gasteiger partial charge in [-0.2, -0.15) is 0 Å². The largest absolute Gasteiger partial charge is 0.370 e. The van der Waals surface area contributed by atoms with Gasteiger partial charge in [0.25, 0.3) is 0 Å². The molecule has 0 fully saturated rings. The second-order valence-corrected chi connectivity index (χ2v) is 1.95. The number of nitrogens with zero attached hydrogens (tertiary/aromatic N) is 1. The van der Waals surface area contributed by atoms with E-state index in [2.05, 4.69) is 5.32 Å². The van der Waals surface area contributed by atoms with Crippen LogP contribution in [-0.4, -0.2) is 10.7 Å². The third kappa shape index (κ3) is 0.985. The van der Waals surface area contributed by atoms with Crippen molar-refractivity contribution in [2.45, 2.75) is 5.79 Å². The number of rotatable bonds is 1. The van der Waals surface area contributed by atoms with Gasteiger partial charge in [-0.15, -0.1) is 0 Å². The molecular formula is C5H7N3O2. The van der Waals surface area contributed by atoms with E-state index in [1.165, 1.54) is 18.4 Å². The quantitative estimate of drug-likeness (QED) is 0.294. The summed E-state index contributed by atoms with van der Waals surface area (Å²) in [6.45, 7) is 0. The van der Waals surface area contributed by atoms with Crippen molar-refractivity contribution in [3.8, 4) is 0 Å². The summed E-state index contributed by atoms with van der Waals surface area (Å²) in [7, 11) is 0. The van der Waals surface area contributed by atoms with Gasteiger partial charge < -0.3 is 5.32 Å². The molecule has 5 nitrogen and oxygen atoms in total. The molecule has 1 unspecified atom stereocenters. The molecule has 1 atom stereocenters. The van der Waals surface area contributed by atoms with Crippen molar-refractivity contribution in [3.05, 3.63) is 34.5 Å². The molecule has 0 amide bonds. The normalized spacial score (nSPS) is 29.7. The fourth-order valence-electron chi connectivity index (χ4n) is 0.601. The molecule has 5 heteroatoms. The minimum atomic E-state index is -1.62. The van der Waals surface area contributed by atoms with Crippen molar-refractivity contribution in [2.75, 3.05) is 0 Å². The lowest BCUT2D eigenvalue weighted by Crippen LogP contribution is -2.56. The molecular weight excluding hydrogens is 134 g/mol. The van der Waals surface area contributed by atoms with Crippen LogP contribution in [0, 0.1) is 10.1 Å². The van der Waals surface area contributed by atoms with E-state index in [1.54, 1.807) is 6.08 Å². The second-order valence-electron chi connectivity index (χ2n) is 1.95. The molecule has 1 aliphatic heterocycles. The van der Waals surface area contributed by atoms with Gasteiger partial charge in [-0.25, -0.2) is 5.73 Å². The Bertz CT molecular complexity index is 211. The van der Waals surface area contributed by atoms with Crippen LogP contribution in [-0.2, 0) is 0 Å². The summed E-state index contributed by atoms with van der Waals surface area (Å²) < 4.78 is 0. The molecule has 3 N–H and O–H groups in total. The van der Waals surface area contributed by atoms with E-state index in [0.717, 1.165) is 0 Å². The number of hydrogen-bond donors (Lipinski definition) is 2. The van der Waals surface area contributed by atoms with Crippen molar-refractivity contribution < 1.29 is 4.92 Å². The molecule has 1 heterocycles. The highest BCUT2D eigenvalue weighted by Gasteiger charge is 2.33. The van der Waals surface area contributed by atoms with Crippen LogP contribution in [0.25, 0.3) is 0 Å². The van der Waals surface area contributed by atoms with Crippen LogP contribution < -0.4 is 11.1 Å². The number of nitrogens with one attached hydrogen (secondary N) is 1. The van der Waals surface area contributed by atoms with E-state index in [1.807, 2.05) is 0 Å². The number of nitrogens with two attached hydrogens (primary N) is 1. The molecule has 0 saturated heterocycles. The van der Waals surface area contributed by atoms with Gasteiger partial charge in [0.2, 0.25) is 0 Å². The van der Waals surface area contributed by atoms with Gasteiger partial charge in [0.05, 0.1) is 4.92 Å². The minimum absolute atomic E-state index is 0.590. The standard InChI is InChI=1S/C5H7N3O2/c6-5(8(9)10)3-1-2-4-7-5/h1-4,7H,6H2. The van der Waals surface area contributed by atoms with E-state index in [4.69, 9.17) is 5.73 Å². The van der Waals surface area contributed by atoms with Gasteiger partial charge in [-0.3, -0.25) is 10.1 Å². The number of hydrogen-bond acceptors (Lipinski definition) is 4. The van der Waals surface area contributed by atoms with E-state index >= 15 is 0 Å². The highest BCUT2D eigenvalue weighted by Crippen LogP contribution is 2.02. The molecule has 10 heavy (non-hydrogen) atoms. The zero-order valence-corrected chi connectivity index (χ0v) is 5.15. The summed E-state index contributed by atoms with van der Waals surface area (Å²) in [5.41, 5.74) is 5.25. The van der Waals surface area contributed by atoms with Crippen LogP contribution in [0.4, 0.5) is 0 Å². The lowest BCUT2D eigenvalue weighted by molar-refractivity contribution is -0.560. The molecule has 0 spiro atoms. The lowest BCUT2D eigenvalue weighted by atomic mass is 10.3. The summed E-state index contributed by atoms with van der Waals surface area (Å²) in [6, 6.07) is 0. The van der Waals surface area contributed by atoms with Gasteiger partial charge in [0.15, 0.2) is 0 Å². The first-order chi connectivity index (χ1) is 4.65. The highest BCUT2D eigenvalue weighted by molar-refractivity contribution is 5.13. The molecule has 0 aromatic heterocycles. The molecule has 54 valence electrons. The lowest BCUT2D eigenvalue weighted by Gasteiger charge is -2.17. The second kappa shape index (κ2) is 2.11. The van der Waals surface area contributed by atoms with Crippen LogP contribution in [0.5, 0.6) is 0 Å². The highest BCUT2D eigenvalue weighted by atomic mass is 16.6. The molecule has 0 saturated carbocycles. The summed E-state index contributed by atoms with van der Waals surface area (Å²) in [5.74, 6) is -1.62. The van der Waals surface area contributed by atoms with E-state index in [-0.39, 0.29) is 0 Å². The van der Waals surface area contributed by atoms with Crippen LogP contribution in [0.15, 0.2) is 24.4 Å². The van der Waals surface area contributed by atoms with Gasteiger partial charge in [0, 0.05) is 12.3 Å². The Morgan fingerprint density at radius 2 is 2.30 bits per heavy atom. The third-order valence-electron chi connectivity index (χ3n) is 1.17. The Labute approximate surface area is 57.4 Å². The minimum Gasteiger partial charge on any atom is -0.311 e. The number of nitro groups is 1. The van der Waals surface area contributed by atoms with Gasteiger partial charge in [-0.1, -0.05) is 6.08 Å². The fourth-order valence-corrected chi connectivity index (χ4v) is 0.601. The van der Waals surface area contributed by atoms with Crippen molar-refractivity contribution in [3.63, 3.8) is 0 Å². The van der Waals surface area contributed by atoms with Gasteiger partial charge in [0.1, 0.15) is 0 Å². The maximum atomic E-state index is 10.2. The SMILES string of the molecule is NC1([N+](=O)[O-])C=CC=CN1. The Kier molecular flexibility index (Phi) is 1.42. The predicted molar refractivity (Wildman–Crippen MR) is 35.3 cm³/mol. The molecule has 0 aliphatic carbocycles. The Morgan fingerprint density at radius 1 is 1.60 bits per heavy atom. The third-order valence-corrected chi connectivity index (χ3v) is 1.17. The molecule has 0 radical (unpaired) electrons. The Hall–Kier alpha value is -1.36. The molecule has 0 aromatic carbocycles. The summed E-state index contributed by atoms with van der Waals surface area (Å²) in [6.07, 6.45) is 5.88. The van der Waals surface area contributed by atoms with Crippen LogP contribution in [0.3, 0.4) is 0 Å². The van der Waals surface area contributed by atoms with Gasteiger partial charge in [-0.05, 0) is 6.08 Å². The monoisotopic (exact) mass is 141 g/mol. The summed E-state index contributed by atoms with van der Waals surface area (Å²) in [5, 5.41) is 12.6.